The minimum absolute atomic E-state index is 0.00778. The topological polar surface area (TPSA) is 50.8 Å². The molecule has 6 heteroatoms. The molecule has 2 aromatic carbocycles. The third-order valence-electron chi connectivity index (χ3n) is 5.58. The second-order valence-electron chi connectivity index (χ2n) is 7.78. The lowest BCUT2D eigenvalue weighted by Crippen LogP contribution is -2.47. The Morgan fingerprint density at radius 1 is 1.14 bits per heavy atom. The number of rotatable bonds is 7. The molecule has 1 heterocycles. The highest BCUT2D eigenvalue weighted by atomic mass is 35.5. The van der Waals surface area contributed by atoms with Crippen molar-refractivity contribution in [2.75, 3.05) is 40.0 Å². The van der Waals surface area contributed by atoms with Gasteiger partial charge in [0.1, 0.15) is 5.75 Å². The van der Waals surface area contributed by atoms with Crippen molar-refractivity contribution in [2.45, 2.75) is 25.3 Å². The van der Waals surface area contributed by atoms with Crippen molar-refractivity contribution >= 4 is 17.5 Å². The molecule has 3 rings (SSSR count). The highest BCUT2D eigenvalue weighted by Gasteiger charge is 2.31. The molecular formula is C23H29ClN2O3. The number of hydrogen-bond acceptors (Lipinski definition) is 4. The quantitative estimate of drug-likeness (QED) is 0.745. The lowest BCUT2D eigenvalue weighted by atomic mass is 9.83. The van der Waals surface area contributed by atoms with E-state index in [1.165, 1.54) is 0 Å². The Hall–Kier alpha value is -2.08. The average molecular weight is 417 g/mol. The standard InChI is InChI=1S/C23H29ClN2O3/c1-23(2,18-6-8-19(24)9-7-18)22(27)25-16-21(26-12-14-29-15-13-26)17-4-10-20(28-3)11-5-17/h4-11,21H,12-16H2,1-3H3,(H,25,27). The van der Waals surface area contributed by atoms with Crippen LogP contribution in [0.15, 0.2) is 48.5 Å². The predicted octanol–water partition coefficient (Wildman–Crippen LogP) is 3.82. The summed E-state index contributed by atoms with van der Waals surface area (Å²) >= 11 is 5.99. The highest BCUT2D eigenvalue weighted by molar-refractivity contribution is 6.30. The van der Waals surface area contributed by atoms with Crippen molar-refractivity contribution in [3.63, 3.8) is 0 Å². The van der Waals surface area contributed by atoms with E-state index in [1.807, 2.05) is 50.2 Å². The van der Waals surface area contributed by atoms with E-state index in [0.29, 0.717) is 24.8 Å². The van der Waals surface area contributed by atoms with Crippen molar-refractivity contribution < 1.29 is 14.3 Å². The van der Waals surface area contributed by atoms with Crippen molar-refractivity contribution in [3.8, 4) is 5.75 Å². The summed E-state index contributed by atoms with van der Waals surface area (Å²) in [6, 6.07) is 15.6. The number of halogens is 1. The minimum atomic E-state index is -0.653. The molecule has 1 aliphatic rings. The molecule has 0 radical (unpaired) electrons. The van der Waals surface area contributed by atoms with E-state index in [-0.39, 0.29) is 11.9 Å². The molecule has 1 N–H and O–H groups in total. The van der Waals surface area contributed by atoms with Crippen molar-refractivity contribution in [3.05, 3.63) is 64.7 Å². The predicted molar refractivity (Wildman–Crippen MR) is 116 cm³/mol. The van der Waals surface area contributed by atoms with Crippen molar-refractivity contribution in [2.24, 2.45) is 0 Å². The summed E-state index contributed by atoms with van der Waals surface area (Å²) in [5.41, 5.74) is 1.43. The maximum absolute atomic E-state index is 13.1. The summed E-state index contributed by atoms with van der Waals surface area (Å²) in [5, 5.41) is 3.84. The fourth-order valence-electron chi connectivity index (χ4n) is 3.58. The molecule has 1 saturated heterocycles. The van der Waals surface area contributed by atoms with Crippen LogP contribution < -0.4 is 10.1 Å². The minimum Gasteiger partial charge on any atom is -0.497 e. The van der Waals surface area contributed by atoms with Gasteiger partial charge in [0.25, 0.3) is 0 Å². The van der Waals surface area contributed by atoms with Gasteiger partial charge in [0.15, 0.2) is 0 Å². The molecule has 2 aromatic rings. The van der Waals surface area contributed by atoms with E-state index in [1.54, 1.807) is 7.11 Å². The fourth-order valence-corrected chi connectivity index (χ4v) is 3.71. The van der Waals surface area contributed by atoms with Crippen molar-refractivity contribution in [1.29, 1.82) is 0 Å². The maximum Gasteiger partial charge on any atom is 0.230 e. The summed E-state index contributed by atoms with van der Waals surface area (Å²) in [7, 11) is 1.66. The monoisotopic (exact) mass is 416 g/mol. The number of methoxy groups -OCH3 is 1. The van der Waals surface area contributed by atoms with Crippen molar-refractivity contribution in [1.82, 2.24) is 10.2 Å². The summed E-state index contributed by atoms with van der Waals surface area (Å²) in [6.07, 6.45) is 0. The van der Waals surface area contributed by atoms with Crippen LogP contribution in [0.1, 0.15) is 31.0 Å². The Morgan fingerprint density at radius 2 is 1.76 bits per heavy atom. The van der Waals surface area contributed by atoms with Crippen LogP contribution in [0, 0.1) is 0 Å². The molecule has 0 saturated carbocycles. The zero-order valence-corrected chi connectivity index (χ0v) is 18.0. The first-order valence-electron chi connectivity index (χ1n) is 9.92. The van der Waals surface area contributed by atoms with Gasteiger partial charge < -0.3 is 14.8 Å². The molecule has 0 bridgehead atoms. The molecule has 1 fully saturated rings. The van der Waals surface area contributed by atoms with Crippen LogP contribution in [0.25, 0.3) is 0 Å². The van der Waals surface area contributed by atoms with Gasteiger partial charge in [-0.2, -0.15) is 0 Å². The number of hydrogen-bond donors (Lipinski definition) is 1. The third kappa shape index (κ3) is 5.30. The van der Waals surface area contributed by atoms with Gasteiger partial charge >= 0.3 is 0 Å². The molecule has 1 aliphatic heterocycles. The van der Waals surface area contributed by atoms with Gasteiger partial charge in [-0.1, -0.05) is 35.9 Å². The van der Waals surface area contributed by atoms with Gasteiger partial charge in [-0.3, -0.25) is 9.69 Å². The number of nitrogens with one attached hydrogen (secondary N) is 1. The highest BCUT2D eigenvalue weighted by Crippen LogP contribution is 2.27. The van der Waals surface area contributed by atoms with E-state index in [9.17, 15) is 4.79 Å². The molecule has 29 heavy (non-hydrogen) atoms. The van der Waals surface area contributed by atoms with Crippen LogP contribution in [0.3, 0.4) is 0 Å². The van der Waals surface area contributed by atoms with E-state index in [0.717, 1.165) is 30.0 Å². The molecule has 0 aliphatic carbocycles. The average Bonchev–Trinajstić information content (AvgIpc) is 2.75. The van der Waals surface area contributed by atoms with Gasteiger partial charge in [0.05, 0.1) is 31.8 Å². The number of amides is 1. The Bertz CT molecular complexity index is 800. The smallest absolute Gasteiger partial charge is 0.230 e. The first kappa shape index (κ1) is 21.6. The first-order chi connectivity index (χ1) is 13.9. The van der Waals surface area contributed by atoms with E-state index in [4.69, 9.17) is 21.1 Å². The molecular weight excluding hydrogens is 388 g/mol. The van der Waals surface area contributed by atoms with E-state index in [2.05, 4.69) is 22.3 Å². The number of ether oxygens (including phenoxy) is 2. The van der Waals surface area contributed by atoms with Crippen LogP contribution in [0.2, 0.25) is 5.02 Å². The lowest BCUT2D eigenvalue weighted by molar-refractivity contribution is -0.126. The van der Waals surface area contributed by atoms with Crippen LogP contribution >= 0.6 is 11.6 Å². The summed E-state index contributed by atoms with van der Waals surface area (Å²) < 4.78 is 10.8. The number of benzene rings is 2. The molecule has 1 amide bonds. The maximum atomic E-state index is 13.1. The number of carbonyl (C=O) groups excluding carboxylic acids is 1. The second kappa shape index (κ2) is 9.61. The lowest BCUT2D eigenvalue weighted by Gasteiger charge is -2.35. The van der Waals surface area contributed by atoms with Gasteiger partial charge in [0.2, 0.25) is 5.91 Å². The van der Waals surface area contributed by atoms with Gasteiger partial charge in [-0.05, 0) is 49.2 Å². The first-order valence-corrected chi connectivity index (χ1v) is 10.3. The fraction of sp³-hybridized carbons (Fsp3) is 0.435. The Labute approximate surface area is 177 Å². The molecule has 0 spiro atoms. The van der Waals surface area contributed by atoms with Gasteiger partial charge in [-0.25, -0.2) is 0 Å². The Morgan fingerprint density at radius 3 is 2.34 bits per heavy atom. The van der Waals surface area contributed by atoms with Crippen LogP contribution in [0.5, 0.6) is 5.75 Å². The molecule has 5 nitrogen and oxygen atoms in total. The SMILES string of the molecule is COc1ccc(C(CNC(=O)C(C)(C)c2ccc(Cl)cc2)N2CCOCC2)cc1. The molecule has 156 valence electrons. The Kier molecular flexibility index (Phi) is 7.17. The molecule has 1 unspecified atom stereocenters. The number of carbonyl (C=O) groups is 1. The normalized spacial score (nSPS) is 16.3. The zero-order chi connectivity index (χ0) is 20.9. The number of nitrogens with zero attached hydrogens (tertiary/aromatic N) is 1. The number of morpholine rings is 1. The zero-order valence-electron chi connectivity index (χ0n) is 17.3. The van der Waals surface area contributed by atoms with Gasteiger partial charge in [-0.15, -0.1) is 0 Å². The van der Waals surface area contributed by atoms with E-state index < -0.39 is 5.41 Å². The van der Waals surface area contributed by atoms with E-state index >= 15 is 0 Å². The molecule has 1 atom stereocenters. The second-order valence-corrected chi connectivity index (χ2v) is 8.22. The van der Waals surface area contributed by atoms with Crippen LogP contribution in [-0.4, -0.2) is 50.8 Å². The van der Waals surface area contributed by atoms with Crippen LogP contribution in [0.4, 0.5) is 0 Å². The Balaban J connectivity index is 1.74. The largest absolute Gasteiger partial charge is 0.497 e. The summed E-state index contributed by atoms with van der Waals surface area (Å²) in [5.74, 6) is 0.814. The summed E-state index contributed by atoms with van der Waals surface area (Å²) in [6.45, 7) is 7.49. The third-order valence-corrected chi connectivity index (χ3v) is 5.83. The molecule has 0 aromatic heterocycles. The van der Waals surface area contributed by atoms with Gasteiger partial charge in [0, 0.05) is 24.7 Å². The van der Waals surface area contributed by atoms with Crippen LogP contribution in [-0.2, 0) is 14.9 Å². The summed E-state index contributed by atoms with van der Waals surface area (Å²) in [4.78, 5) is 15.4.